The summed E-state index contributed by atoms with van der Waals surface area (Å²) in [6, 6.07) is 5.94. The largest absolute Gasteiger partial charge is 0.377 e. The van der Waals surface area contributed by atoms with Crippen molar-refractivity contribution in [3.8, 4) is 0 Å². The number of aryl methyl sites for hydroxylation is 2. The molecule has 0 unspecified atom stereocenters. The zero-order chi connectivity index (χ0) is 11.5. The first-order valence-corrected chi connectivity index (χ1v) is 5.55. The Bertz CT molecular complexity index is 416. The molecular weight excluding hydrogens is 200 g/mol. The standard InChI is InChI=1S/C14H16O2/c1-10-5-11(2)7-13(6-10)14(15)8-12-3-4-16-9-12/h5-8H,3-4,9H2,1-2H3/b12-8+. The highest BCUT2D eigenvalue weighted by molar-refractivity contribution is 6.05. The van der Waals surface area contributed by atoms with Crippen molar-refractivity contribution in [2.45, 2.75) is 20.3 Å². The number of ether oxygens (including phenoxy) is 1. The molecule has 0 N–H and O–H groups in total. The van der Waals surface area contributed by atoms with Gasteiger partial charge < -0.3 is 4.74 Å². The third-order valence-corrected chi connectivity index (χ3v) is 2.70. The minimum absolute atomic E-state index is 0.0901. The molecule has 0 spiro atoms. The molecule has 1 aromatic rings. The van der Waals surface area contributed by atoms with E-state index in [1.807, 2.05) is 26.0 Å². The van der Waals surface area contributed by atoms with Crippen LogP contribution in [0.25, 0.3) is 0 Å². The Balaban J connectivity index is 2.23. The number of rotatable bonds is 2. The molecule has 84 valence electrons. The minimum atomic E-state index is 0.0901. The monoisotopic (exact) mass is 216 g/mol. The van der Waals surface area contributed by atoms with Crippen LogP contribution >= 0.6 is 0 Å². The highest BCUT2D eigenvalue weighted by Gasteiger charge is 2.10. The summed E-state index contributed by atoms with van der Waals surface area (Å²) in [5, 5.41) is 0. The summed E-state index contributed by atoms with van der Waals surface area (Å²) in [7, 11) is 0. The van der Waals surface area contributed by atoms with Crippen LogP contribution in [-0.2, 0) is 4.74 Å². The van der Waals surface area contributed by atoms with Gasteiger partial charge in [0.25, 0.3) is 0 Å². The normalized spacial score (nSPS) is 18.0. The molecule has 0 aromatic heterocycles. The van der Waals surface area contributed by atoms with Crippen LogP contribution in [0.5, 0.6) is 0 Å². The Morgan fingerprint density at radius 3 is 2.50 bits per heavy atom. The molecule has 1 fully saturated rings. The zero-order valence-electron chi connectivity index (χ0n) is 9.75. The lowest BCUT2D eigenvalue weighted by molar-refractivity contribution is 0.104. The van der Waals surface area contributed by atoms with Gasteiger partial charge in [-0.1, -0.05) is 17.2 Å². The topological polar surface area (TPSA) is 26.3 Å². The van der Waals surface area contributed by atoms with Crippen molar-refractivity contribution >= 4 is 5.78 Å². The molecule has 0 bridgehead atoms. The maximum Gasteiger partial charge on any atom is 0.185 e. The zero-order valence-corrected chi connectivity index (χ0v) is 9.75. The lowest BCUT2D eigenvalue weighted by Crippen LogP contribution is -1.98. The summed E-state index contributed by atoms with van der Waals surface area (Å²) >= 11 is 0. The van der Waals surface area contributed by atoms with Crippen LogP contribution in [0.4, 0.5) is 0 Å². The van der Waals surface area contributed by atoms with Crippen molar-refractivity contribution in [2.24, 2.45) is 0 Å². The van der Waals surface area contributed by atoms with Gasteiger partial charge in [0.2, 0.25) is 0 Å². The molecule has 0 atom stereocenters. The molecule has 1 aromatic carbocycles. The molecule has 2 rings (SSSR count). The number of carbonyl (C=O) groups is 1. The molecule has 16 heavy (non-hydrogen) atoms. The Morgan fingerprint density at radius 2 is 1.94 bits per heavy atom. The first kappa shape index (κ1) is 11.1. The van der Waals surface area contributed by atoms with E-state index in [1.165, 1.54) is 0 Å². The summed E-state index contributed by atoms with van der Waals surface area (Å²) in [4.78, 5) is 12.0. The van der Waals surface area contributed by atoms with E-state index < -0.39 is 0 Å². The lowest BCUT2D eigenvalue weighted by atomic mass is 10.0. The van der Waals surface area contributed by atoms with E-state index in [0.29, 0.717) is 6.61 Å². The van der Waals surface area contributed by atoms with Crippen LogP contribution < -0.4 is 0 Å². The van der Waals surface area contributed by atoms with Gasteiger partial charge in [-0.05, 0) is 44.1 Å². The lowest BCUT2D eigenvalue weighted by Gasteiger charge is -2.02. The number of allylic oxidation sites excluding steroid dienone is 1. The molecule has 2 nitrogen and oxygen atoms in total. The van der Waals surface area contributed by atoms with E-state index in [0.717, 1.165) is 35.3 Å². The first-order valence-electron chi connectivity index (χ1n) is 5.55. The molecule has 0 aliphatic carbocycles. The molecule has 0 amide bonds. The van der Waals surface area contributed by atoms with Crippen LogP contribution in [0.15, 0.2) is 29.8 Å². The molecule has 1 aliphatic heterocycles. The van der Waals surface area contributed by atoms with Crippen LogP contribution in [0.2, 0.25) is 0 Å². The van der Waals surface area contributed by atoms with E-state index in [2.05, 4.69) is 6.07 Å². The molecule has 0 radical (unpaired) electrons. The second-order valence-electron chi connectivity index (χ2n) is 4.35. The second-order valence-corrected chi connectivity index (χ2v) is 4.35. The van der Waals surface area contributed by atoms with Crippen LogP contribution in [0.1, 0.15) is 27.9 Å². The number of hydrogen-bond acceptors (Lipinski definition) is 2. The van der Waals surface area contributed by atoms with Gasteiger partial charge >= 0.3 is 0 Å². The third kappa shape index (κ3) is 2.58. The van der Waals surface area contributed by atoms with E-state index in [4.69, 9.17) is 4.74 Å². The fourth-order valence-corrected chi connectivity index (χ4v) is 1.98. The first-order chi connectivity index (χ1) is 7.65. The Kier molecular flexibility index (Phi) is 3.20. The van der Waals surface area contributed by atoms with Gasteiger partial charge in [0, 0.05) is 5.56 Å². The van der Waals surface area contributed by atoms with Crippen molar-refractivity contribution in [1.29, 1.82) is 0 Å². The molecule has 1 heterocycles. The summed E-state index contributed by atoms with van der Waals surface area (Å²) in [5.41, 5.74) is 4.13. The quantitative estimate of drug-likeness (QED) is 0.561. The van der Waals surface area contributed by atoms with Gasteiger partial charge in [0.15, 0.2) is 5.78 Å². The van der Waals surface area contributed by atoms with Crippen LogP contribution in [0.3, 0.4) is 0 Å². The smallest absolute Gasteiger partial charge is 0.185 e. The summed E-state index contributed by atoms with van der Waals surface area (Å²) in [6.45, 7) is 5.37. The number of ketones is 1. The molecular formula is C14H16O2. The highest BCUT2D eigenvalue weighted by Crippen LogP contribution is 2.14. The number of carbonyl (C=O) groups excluding carboxylic acids is 1. The average Bonchev–Trinajstić information content (AvgIpc) is 2.68. The van der Waals surface area contributed by atoms with Crippen LogP contribution in [-0.4, -0.2) is 19.0 Å². The van der Waals surface area contributed by atoms with Gasteiger partial charge in [-0.15, -0.1) is 0 Å². The van der Waals surface area contributed by atoms with Gasteiger partial charge in [-0.25, -0.2) is 0 Å². The van der Waals surface area contributed by atoms with Crippen LogP contribution in [0, 0.1) is 13.8 Å². The Labute approximate surface area is 95.9 Å². The Morgan fingerprint density at radius 1 is 1.25 bits per heavy atom. The van der Waals surface area contributed by atoms with Gasteiger partial charge in [-0.3, -0.25) is 4.79 Å². The number of hydrogen-bond donors (Lipinski definition) is 0. The maximum atomic E-state index is 12.0. The maximum absolute atomic E-state index is 12.0. The SMILES string of the molecule is Cc1cc(C)cc(C(=O)/C=C2\CCOC2)c1. The van der Waals surface area contributed by atoms with E-state index in [1.54, 1.807) is 6.08 Å². The van der Waals surface area contributed by atoms with Gasteiger partial charge in [0.1, 0.15) is 0 Å². The Hall–Kier alpha value is -1.41. The summed E-state index contributed by atoms with van der Waals surface area (Å²) in [5.74, 6) is 0.0901. The number of benzene rings is 1. The fourth-order valence-electron chi connectivity index (χ4n) is 1.98. The third-order valence-electron chi connectivity index (χ3n) is 2.70. The fraction of sp³-hybridized carbons (Fsp3) is 0.357. The van der Waals surface area contributed by atoms with Gasteiger partial charge in [0.05, 0.1) is 13.2 Å². The predicted octanol–water partition coefficient (Wildman–Crippen LogP) is 2.83. The molecule has 1 aliphatic rings. The van der Waals surface area contributed by atoms with E-state index in [-0.39, 0.29) is 5.78 Å². The molecule has 0 saturated carbocycles. The average molecular weight is 216 g/mol. The second kappa shape index (κ2) is 4.62. The van der Waals surface area contributed by atoms with Gasteiger partial charge in [-0.2, -0.15) is 0 Å². The van der Waals surface area contributed by atoms with Crippen molar-refractivity contribution in [3.63, 3.8) is 0 Å². The van der Waals surface area contributed by atoms with E-state index in [9.17, 15) is 4.79 Å². The van der Waals surface area contributed by atoms with Crippen molar-refractivity contribution in [1.82, 2.24) is 0 Å². The van der Waals surface area contributed by atoms with Crippen molar-refractivity contribution in [3.05, 3.63) is 46.5 Å². The van der Waals surface area contributed by atoms with E-state index >= 15 is 0 Å². The predicted molar refractivity (Wildman–Crippen MR) is 63.8 cm³/mol. The molecule has 1 saturated heterocycles. The minimum Gasteiger partial charge on any atom is -0.377 e. The highest BCUT2D eigenvalue weighted by atomic mass is 16.5. The van der Waals surface area contributed by atoms with Crippen molar-refractivity contribution < 1.29 is 9.53 Å². The summed E-state index contributed by atoms with van der Waals surface area (Å²) < 4.78 is 5.22. The summed E-state index contributed by atoms with van der Waals surface area (Å²) in [6.07, 6.45) is 2.61. The molecule has 2 heteroatoms. The van der Waals surface area contributed by atoms with Crippen molar-refractivity contribution in [2.75, 3.05) is 13.2 Å².